The Kier molecular flexibility index (Phi) is 12.4. The van der Waals surface area contributed by atoms with Crippen molar-refractivity contribution in [1.82, 2.24) is 14.8 Å². The first kappa shape index (κ1) is 35.4. The number of rotatable bonds is 15. The first-order valence-corrected chi connectivity index (χ1v) is 16.1. The van der Waals surface area contributed by atoms with Crippen LogP contribution in [0.25, 0.3) is 11.5 Å². The Labute approximate surface area is 275 Å². The van der Waals surface area contributed by atoms with Gasteiger partial charge >= 0.3 is 0 Å². The molecule has 4 rings (SSSR count). The molecule has 0 fully saturated rings. The molecule has 47 heavy (non-hydrogen) atoms. The molecular formula is C37H44F2N4O4. The molecule has 0 aliphatic carbocycles. The van der Waals surface area contributed by atoms with Crippen LogP contribution < -0.4 is 5.73 Å². The van der Waals surface area contributed by atoms with Crippen molar-refractivity contribution in [3.05, 3.63) is 113 Å². The van der Waals surface area contributed by atoms with E-state index in [0.29, 0.717) is 29.8 Å². The Balaban J connectivity index is 1.72. The lowest BCUT2D eigenvalue weighted by molar-refractivity contribution is 0.0554. The molecule has 10 heteroatoms. The van der Waals surface area contributed by atoms with Gasteiger partial charge in [-0.2, -0.15) is 0 Å². The maximum Gasteiger partial charge on any atom is 0.254 e. The number of amides is 2. The van der Waals surface area contributed by atoms with Crippen molar-refractivity contribution in [3.8, 4) is 11.5 Å². The highest BCUT2D eigenvalue weighted by atomic mass is 19.1. The van der Waals surface area contributed by atoms with Gasteiger partial charge < -0.3 is 25.1 Å². The van der Waals surface area contributed by atoms with Gasteiger partial charge in [0.1, 0.15) is 17.9 Å². The molecule has 0 saturated carbocycles. The van der Waals surface area contributed by atoms with Crippen molar-refractivity contribution >= 4 is 11.8 Å². The average Bonchev–Trinajstić information content (AvgIpc) is 3.58. The maximum absolute atomic E-state index is 14.4. The third kappa shape index (κ3) is 9.56. The summed E-state index contributed by atoms with van der Waals surface area (Å²) in [6.45, 7) is 9.26. The Morgan fingerprint density at radius 2 is 1.53 bits per heavy atom. The monoisotopic (exact) mass is 646 g/mol. The number of benzene rings is 3. The van der Waals surface area contributed by atoms with Crippen molar-refractivity contribution in [1.29, 1.82) is 0 Å². The number of oxazole rings is 1. The third-order valence-corrected chi connectivity index (χ3v) is 7.95. The number of aliphatic hydroxyl groups excluding tert-OH is 1. The summed E-state index contributed by atoms with van der Waals surface area (Å²) in [6, 6.07) is 14.9. The van der Waals surface area contributed by atoms with Crippen LogP contribution in [0.2, 0.25) is 0 Å². The molecule has 0 spiro atoms. The zero-order chi connectivity index (χ0) is 34.1. The van der Waals surface area contributed by atoms with Gasteiger partial charge in [0.2, 0.25) is 5.89 Å². The molecule has 8 nitrogen and oxygen atoms in total. The van der Waals surface area contributed by atoms with Crippen LogP contribution in [-0.4, -0.2) is 63.5 Å². The molecule has 2 atom stereocenters. The summed E-state index contributed by atoms with van der Waals surface area (Å²) in [7, 11) is 0. The van der Waals surface area contributed by atoms with E-state index in [0.717, 1.165) is 30.0 Å². The van der Waals surface area contributed by atoms with E-state index >= 15 is 0 Å². The lowest BCUT2D eigenvalue weighted by Crippen LogP contribution is -2.46. The molecule has 4 aromatic rings. The highest BCUT2D eigenvalue weighted by Crippen LogP contribution is 2.25. The van der Waals surface area contributed by atoms with Crippen molar-refractivity contribution in [2.75, 3.05) is 19.6 Å². The molecule has 0 saturated heterocycles. The predicted octanol–water partition coefficient (Wildman–Crippen LogP) is 6.58. The molecular weight excluding hydrogens is 602 g/mol. The number of hydrogen-bond donors (Lipinski definition) is 2. The fourth-order valence-electron chi connectivity index (χ4n) is 5.57. The standard InChI is InChI=1S/C37H44F2N4O4/c1-5-11-42(12-6-2)36(45)29-18-28(35-41-10-13-47-35)19-30(20-29)37(46)43(22-25-8-7-9-27(14-25)24(3)4)23-34(44)33(40)17-26-15-31(38)21-32(39)16-26/h7-10,13-16,18-21,24,33-34,44H,5-6,11-12,17,22-23,40H2,1-4H3/t33-,34+/m0/s1. The van der Waals surface area contributed by atoms with Crippen molar-refractivity contribution in [3.63, 3.8) is 0 Å². The van der Waals surface area contributed by atoms with E-state index in [1.54, 1.807) is 23.1 Å². The first-order valence-electron chi connectivity index (χ1n) is 16.1. The lowest BCUT2D eigenvalue weighted by atomic mass is 9.99. The minimum absolute atomic E-state index is 0.0102. The van der Waals surface area contributed by atoms with Crippen LogP contribution in [0.15, 0.2) is 77.5 Å². The van der Waals surface area contributed by atoms with E-state index in [4.69, 9.17) is 10.2 Å². The van der Waals surface area contributed by atoms with E-state index < -0.39 is 29.7 Å². The van der Waals surface area contributed by atoms with E-state index in [9.17, 15) is 23.5 Å². The fourth-order valence-corrected chi connectivity index (χ4v) is 5.57. The smallest absolute Gasteiger partial charge is 0.254 e. The number of carbonyl (C=O) groups is 2. The largest absolute Gasteiger partial charge is 0.445 e. The van der Waals surface area contributed by atoms with Gasteiger partial charge in [0.05, 0.1) is 12.3 Å². The van der Waals surface area contributed by atoms with Gasteiger partial charge in [-0.05, 0) is 72.2 Å². The summed E-state index contributed by atoms with van der Waals surface area (Å²) in [5, 5.41) is 11.3. The highest BCUT2D eigenvalue weighted by molar-refractivity contribution is 6.01. The van der Waals surface area contributed by atoms with E-state index in [2.05, 4.69) is 18.8 Å². The van der Waals surface area contributed by atoms with Gasteiger partial charge in [-0.3, -0.25) is 9.59 Å². The number of hydrogen-bond acceptors (Lipinski definition) is 6. The van der Waals surface area contributed by atoms with Crippen molar-refractivity contribution in [2.24, 2.45) is 5.73 Å². The molecule has 0 bridgehead atoms. The van der Waals surface area contributed by atoms with Gasteiger partial charge in [-0.1, -0.05) is 52.0 Å². The Hall–Kier alpha value is -4.41. The van der Waals surface area contributed by atoms with Gasteiger partial charge in [0.15, 0.2) is 0 Å². The first-order chi connectivity index (χ1) is 22.5. The second kappa shape index (κ2) is 16.4. The van der Waals surface area contributed by atoms with Crippen LogP contribution in [0, 0.1) is 11.6 Å². The summed E-state index contributed by atoms with van der Waals surface area (Å²) in [4.78, 5) is 35.6. The van der Waals surface area contributed by atoms with E-state index in [-0.39, 0.29) is 42.8 Å². The summed E-state index contributed by atoms with van der Waals surface area (Å²) in [6.07, 6.45) is 3.22. The molecule has 2 amide bonds. The van der Waals surface area contributed by atoms with Gasteiger partial charge in [0.25, 0.3) is 11.8 Å². The summed E-state index contributed by atoms with van der Waals surface area (Å²) >= 11 is 0. The van der Waals surface area contributed by atoms with Crippen LogP contribution in [0.5, 0.6) is 0 Å². The van der Waals surface area contributed by atoms with Crippen LogP contribution >= 0.6 is 0 Å². The fraction of sp³-hybridized carbons (Fsp3) is 0.378. The second-order valence-corrected chi connectivity index (χ2v) is 12.2. The Morgan fingerprint density at radius 3 is 2.11 bits per heavy atom. The number of nitrogens with two attached hydrogens (primary N) is 1. The minimum Gasteiger partial charge on any atom is -0.445 e. The average molecular weight is 647 g/mol. The number of aromatic nitrogens is 1. The molecule has 0 aliphatic rings. The summed E-state index contributed by atoms with van der Waals surface area (Å²) in [5.74, 6) is -1.62. The minimum atomic E-state index is -1.24. The molecule has 1 heterocycles. The molecule has 0 unspecified atom stereocenters. The van der Waals surface area contributed by atoms with Crippen molar-refractivity contribution in [2.45, 2.75) is 71.6 Å². The summed E-state index contributed by atoms with van der Waals surface area (Å²) in [5.41, 5.74) is 9.55. The van der Waals surface area contributed by atoms with Crippen LogP contribution in [0.3, 0.4) is 0 Å². The number of halogens is 2. The maximum atomic E-state index is 14.4. The lowest BCUT2D eigenvalue weighted by Gasteiger charge is -2.29. The zero-order valence-electron chi connectivity index (χ0n) is 27.5. The molecule has 3 N–H and O–H groups in total. The second-order valence-electron chi connectivity index (χ2n) is 12.2. The number of nitrogens with zero attached hydrogens (tertiary/aromatic N) is 3. The molecule has 0 radical (unpaired) electrons. The Bertz CT molecular complexity index is 1620. The SMILES string of the molecule is CCCN(CCC)C(=O)c1cc(C(=O)N(Cc2cccc(C(C)C)c2)C[C@@H](O)[C@@H](N)Cc2cc(F)cc(F)c2)cc(-c2ncco2)c1. The molecule has 0 aliphatic heterocycles. The predicted molar refractivity (Wildman–Crippen MR) is 178 cm³/mol. The van der Waals surface area contributed by atoms with Gasteiger partial charge in [0, 0.05) is 55.0 Å². The van der Waals surface area contributed by atoms with E-state index in [1.807, 2.05) is 38.1 Å². The van der Waals surface area contributed by atoms with Crippen LogP contribution in [0.4, 0.5) is 8.78 Å². The molecule has 250 valence electrons. The van der Waals surface area contributed by atoms with Crippen LogP contribution in [0.1, 0.15) is 83.9 Å². The zero-order valence-corrected chi connectivity index (χ0v) is 27.5. The normalized spacial score (nSPS) is 12.6. The third-order valence-electron chi connectivity index (χ3n) is 7.95. The Morgan fingerprint density at radius 1 is 0.894 bits per heavy atom. The van der Waals surface area contributed by atoms with Crippen molar-refractivity contribution < 1.29 is 27.9 Å². The number of aliphatic hydroxyl groups is 1. The molecule has 3 aromatic carbocycles. The van der Waals surface area contributed by atoms with Gasteiger partial charge in [-0.25, -0.2) is 13.8 Å². The molecule has 1 aromatic heterocycles. The summed E-state index contributed by atoms with van der Waals surface area (Å²) < 4.78 is 33.2. The quantitative estimate of drug-likeness (QED) is 0.151. The highest BCUT2D eigenvalue weighted by Gasteiger charge is 2.26. The number of carbonyl (C=O) groups excluding carboxylic acids is 2. The van der Waals surface area contributed by atoms with Gasteiger partial charge in [-0.15, -0.1) is 0 Å². The van der Waals surface area contributed by atoms with E-state index in [1.165, 1.54) is 29.5 Å². The van der Waals surface area contributed by atoms with Crippen LogP contribution in [-0.2, 0) is 13.0 Å². The topological polar surface area (TPSA) is 113 Å².